The van der Waals surface area contributed by atoms with Gasteiger partial charge in [-0.05, 0) is 20.8 Å². The molecule has 1 N–H and O–H groups in total. The van der Waals surface area contributed by atoms with Crippen molar-refractivity contribution in [3.63, 3.8) is 0 Å². The Morgan fingerprint density at radius 3 is 1.92 bits per heavy atom. The van der Waals surface area contributed by atoms with Crippen LogP contribution in [0.25, 0.3) is 0 Å². The molecule has 0 bridgehead atoms. The molecule has 0 aromatic rings. The Morgan fingerprint density at radius 2 is 1.62 bits per heavy atom. The van der Waals surface area contributed by atoms with Gasteiger partial charge in [-0.2, -0.15) is 0 Å². The molecule has 0 aliphatic heterocycles. The first-order valence-electron chi connectivity index (χ1n) is 4.22. The molecule has 0 spiro atoms. The molecule has 0 radical (unpaired) electrons. The Bertz CT molecular complexity index is 182. The molecule has 4 nitrogen and oxygen atoms in total. The van der Waals surface area contributed by atoms with E-state index >= 15 is 0 Å². The molecule has 0 atom stereocenters. The van der Waals surface area contributed by atoms with Crippen LogP contribution in [-0.2, 0) is 9.47 Å². The van der Waals surface area contributed by atoms with Crippen molar-refractivity contribution in [1.29, 1.82) is 0 Å². The van der Waals surface area contributed by atoms with E-state index in [-0.39, 0.29) is 5.54 Å². The molecule has 0 aliphatic carbocycles. The molecule has 0 saturated carbocycles. The lowest BCUT2D eigenvalue weighted by atomic mass is 10.1. The van der Waals surface area contributed by atoms with Gasteiger partial charge in [-0.1, -0.05) is 0 Å². The van der Waals surface area contributed by atoms with Gasteiger partial charge in [0.15, 0.2) is 0 Å². The third-order valence-electron chi connectivity index (χ3n) is 1.31. The summed E-state index contributed by atoms with van der Waals surface area (Å²) in [6.07, 6.45) is -0.473. The largest absolute Gasteiger partial charge is 0.418 e. The van der Waals surface area contributed by atoms with Crippen LogP contribution >= 0.6 is 0 Å². The number of amides is 1. The van der Waals surface area contributed by atoms with Crippen molar-refractivity contribution in [1.82, 2.24) is 5.32 Å². The van der Waals surface area contributed by atoms with Gasteiger partial charge in [0.05, 0.1) is 0 Å². The van der Waals surface area contributed by atoms with E-state index in [2.05, 4.69) is 5.32 Å². The molecule has 0 unspecified atom stereocenters. The van der Waals surface area contributed by atoms with E-state index in [0.717, 1.165) is 0 Å². The van der Waals surface area contributed by atoms with Gasteiger partial charge in [-0.25, -0.2) is 4.79 Å². The number of methoxy groups -OCH3 is 1. The van der Waals surface area contributed by atoms with E-state index in [0.29, 0.717) is 0 Å². The lowest BCUT2D eigenvalue weighted by Crippen LogP contribution is -2.44. The van der Waals surface area contributed by atoms with Gasteiger partial charge < -0.3 is 14.8 Å². The van der Waals surface area contributed by atoms with E-state index in [4.69, 9.17) is 9.47 Å². The van der Waals surface area contributed by atoms with Gasteiger partial charge in [0.1, 0.15) is 0 Å². The summed E-state index contributed by atoms with van der Waals surface area (Å²) in [6, 6.07) is 0. The smallest absolute Gasteiger partial charge is 0.410 e. The van der Waals surface area contributed by atoms with Gasteiger partial charge in [0.2, 0.25) is 5.79 Å². The summed E-state index contributed by atoms with van der Waals surface area (Å²) in [5.74, 6) is -0.880. The van der Waals surface area contributed by atoms with Crippen LogP contribution < -0.4 is 5.32 Å². The van der Waals surface area contributed by atoms with Crippen molar-refractivity contribution in [3.8, 4) is 0 Å². The first kappa shape index (κ1) is 12.2. The van der Waals surface area contributed by atoms with Gasteiger partial charge in [-0.15, -0.1) is 0 Å². The second-order valence-corrected chi connectivity index (χ2v) is 4.37. The highest BCUT2D eigenvalue weighted by Crippen LogP contribution is 2.10. The number of alkyl carbamates (subject to hydrolysis) is 1. The summed E-state index contributed by atoms with van der Waals surface area (Å²) in [5, 5.41) is 2.67. The summed E-state index contributed by atoms with van der Waals surface area (Å²) >= 11 is 0. The summed E-state index contributed by atoms with van der Waals surface area (Å²) in [5.41, 5.74) is -0.291. The molecule has 0 heterocycles. The summed E-state index contributed by atoms with van der Waals surface area (Å²) in [6.45, 7) is 9.00. The summed E-state index contributed by atoms with van der Waals surface area (Å²) < 4.78 is 9.93. The monoisotopic (exact) mass is 189 g/mol. The van der Waals surface area contributed by atoms with E-state index in [1.165, 1.54) is 7.11 Å². The lowest BCUT2D eigenvalue weighted by molar-refractivity contribution is -0.157. The van der Waals surface area contributed by atoms with E-state index < -0.39 is 11.9 Å². The third kappa shape index (κ3) is 6.40. The van der Waals surface area contributed by atoms with Gasteiger partial charge in [0.25, 0.3) is 0 Å². The summed E-state index contributed by atoms with van der Waals surface area (Å²) in [7, 11) is 1.49. The minimum atomic E-state index is -0.880. The van der Waals surface area contributed by atoms with Crippen LogP contribution in [0.15, 0.2) is 0 Å². The quantitative estimate of drug-likeness (QED) is 0.675. The maximum atomic E-state index is 11.2. The van der Waals surface area contributed by atoms with Crippen LogP contribution in [0.3, 0.4) is 0 Å². The fraction of sp³-hybridized carbons (Fsp3) is 0.889. The Morgan fingerprint density at radius 1 is 1.15 bits per heavy atom. The predicted octanol–water partition coefficient (Wildman–Crippen LogP) is 1.89. The highest BCUT2D eigenvalue weighted by atomic mass is 16.7. The maximum Gasteiger partial charge on any atom is 0.410 e. The number of nitrogens with one attached hydrogen (secondary N) is 1. The van der Waals surface area contributed by atoms with Crippen LogP contribution in [-0.4, -0.2) is 24.5 Å². The molecule has 1 amide bonds. The molecular formula is C9H19NO3. The van der Waals surface area contributed by atoms with Crippen molar-refractivity contribution in [2.75, 3.05) is 7.11 Å². The second kappa shape index (κ2) is 3.96. The molecule has 0 aromatic heterocycles. The minimum absolute atomic E-state index is 0.291. The average Bonchev–Trinajstić information content (AvgIpc) is 1.81. The number of ether oxygens (including phenoxy) is 2. The second-order valence-electron chi connectivity index (χ2n) is 4.37. The molecule has 0 aliphatic rings. The molecule has 0 saturated heterocycles. The van der Waals surface area contributed by atoms with E-state index in [1.54, 1.807) is 13.8 Å². The van der Waals surface area contributed by atoms with Crippen LogP contribution in [0.4, 0.5) is 4.79 Å². The number of hydrogen-bond acceptors (Lipinski definition) is 3. The highest BCUT2D eigenvalue weighted by Gasteiger charge is 2.24. The topological polar surface area (TPSA) is 47.6 Å². The Labute approximate surface area is 79.6 Å². The average molecular weight is 189 g/mol. The number of carbonyl (C=O) groups is 1. The third-order valence-corrected chi connectivity index (χ3v) is 1.31. The molecule has 0 aromatic carbocycles. The van der Waals surface area contributed by atoms with Gasteiger partial charge >= 0.3 is 6.09 Å². The molecule has 13 heavy (non-hydrogen) atoms. The predicted molar refractivity (Wildman–Crippen MR) is 50.5 cm³/mol. The molecule has 4 heteroatoms. The van der Waals surface area contributed by atoms with E-state index in [9.17, 15) is 4.79 Å². The van der Waals surface area contributed by atoms with Gasteiger partial charge in [0, 0.05) is 26.5 Å². The van der Waals surface area contributed by atoms with E-state index in [1.807, 2.05) is 20.8 Å². The highest BCUT2D eigenvalue weighted by molar-refractivity contribution is 5.68. The van der Waals surface area contributed by atoms with Crippen LogP contribution in [0.1, 0.15) is 34.6 Å². The summed E-state index contributed by atoms with van der Waals surface area (Å²) in [4.78, 5) is 11.2. The fourth-order valence-electron chi connectivity index (χ4n) is 0.597. The zero-order chi connectivity index (χ0) is 10.7. The minimum Gasteiger partial charge on any atom is -0.418 e. The van der Waals surface area contributed by atoms with Crippen LogP contribution in [0.2, 0.25) is 0 Å². The molecular weight excluding hydrogens is 170 g/mol. The first-order chi connectivity index (χ1) is 5.66. The lowest BCUT2D eigenvalue weighted by Gasteiger charge is -2.26. The zero-order valence-corrected chi connectivity index (χ0v) is 9.22. The SMILES string of the molecule is COC(C)(C)OC(=O)NC(C)(C)C. The molecule has 78 valence electrons. The standard InChI is InChI=1S/C9H19NO3/c1-8(2,3)10-7(11)13-9(4,5)12-6/h1-6H3,(H,10,11). The normalized spacial score (nSPS) is 12.5. The van der Waals surface area contributed by atoms with Gasteiger partial charge in [-0.3, -0.25) is 0 Å². The van der Waals surface area contributed by atoms with Crippen molar-refractivity contribution in [2.24, 2.45) is 0 Å². The molecule has 0 rings (SSSR count). The Balaban J connectivity index is 4.03. The zero-order valence-electron chi connectivity index (χ0n) is 9.22. The fourth-order valence-corrected chi connectivity index (χ4v) is 0.597. The van der Waals surface area contributed by atoms with Crippen LogP contribution in [0.5, 0.6) is 0 Å². The van der Waals surface area contributed by atoms with Crippen LogP contribution in [0, 0.1) is 0 Å². The van der Waals surface area contributed by atoms with Crippen molar-refractivity contribution in [2.45, 2.75) is 45.9 Å². The van der Waals surface area contributed by atoms with Crippen molar-refractivity contribution in [3.05, 3.63) is 0 Å². The van der Waals surface area contributed by atoms with Crippen molar-refractivity contribution >= 4 is 6.09 Å². The Kier molecular flexibility index (Phi) is 3.72. The maximum absolute atomic E-state index is 11.2. The number of hydrogen-bond donors (Lipinski definition) is 1. The molecule has 0 fully saturated rings. The first-order valence-corrected chi connectivity index (χ1v) is 4.22. The van der Waals surface area contributed by atoms with Crippen molar-refractivity contribution < 1.29 is 14.3 Å². The number of carbonyl (C=O) groups excluding carboxylic acids is 1. The number of rotatable bonds is 2. The Hall–Kier alpha value is -0.770.